The van der Waals surface area contributed by atoms with Crippen LogP contribution in [-0.2, 0) is 11.3 Å². The fourth-order valence-corrected chi connectivity index (χ4v) is 2.85. The second kappa shape index (κ2) is 7.56. The normalized spacial score (nSPS) is 12.0. The van der Waals surface area contributed by atoms with Crippen LogP contribution in [0.5, 0.6) is 0 Å². The zero-order valence-corrected chi connectivity index (χ0v) is 14.8. The number of carbonyl (C=O) groups is 1. The molecule has 0 aromatic heterocycles. The summed E-state index contributed by atoms with van der Waals surface area (Å²) >= 11 is 3.44. The van der Waals surface area contributed by atoms with Gasteiger partial charge in [0, 0.05) is 10.0 Å². The molecule has 1 unspecified atom stereocenters. The van der Waals surface area contributed by atoms with E-state index in [2.05, 4.69) is 53.3 Å². The lowest BCUT2D eigenvalue weighted by Crippen LogP contribution is -3.08. The molecule has 2 aromatic rings. The molecule has 0 radical (unpaired) electrons. The Kier molecular flexibility index (Phi) is 5.75. The summed E-state index contributed by atoms with van der Waals surface area (Å²) in [5.41, 5.74) is 4.65. The largest absolute Gasteiger partial charge is 0.326 e. The monoisotopic (exact) mass is 361 g/mol. The van der Waals surface area contributed by atoms with Crippen LogP contribution in [0.25, 0.3) is 0 Å². The third-order valence-electron chi connectivity index (χ3n) is 3.60. The highest BCUT2D eigenvalue weighted by Crippen LogP contribution is 2.20. The molecule has 3 nitrogen and oxygen atoms in total. The Labute approximate surface area is 140 Å². The topological polar surface area (TPSA) is 33.5 Å². The molecular formula is C18H22BrN2O+. The number of benzene rings is 2. The van der Waals surface area contributed by atoms with Gasteiger partial charge in [0.25, 0.3) is 5.91 Å². The maximum Gasteiger partial charge on any atom is 0.279 e. The van der Waals surface area contributed by atoms with Gasteiger partial charge in [-0.1, -0.05) is 35.9 Å². The van der Waals surface area contributed by atoms with E-state index in [4.69, 9.17) is 0 Å². The van der Waals surface area contributed by atoms with Gasteiger partial charge in [-0.2, -0.15) is 0 Å². The summed E-state index contributed by atoms with van der Waals surface area (Å²) in [4.78, 5) is 13.3. The number of rotatable bonds is 5. The molecule has 0 aliphatic carbocycles. The number of aryl methyl sites for hydroxylation is 2. The lowest BCUT2D eigenvalue weighted by molar-refractivity contribution is -0.885. The fourth-order valence-electron chi connectivity index (χ4n) is 2.46. The van der Waals surface area contributed by atoms with E-state index < -0.39 is 0 Å². The Balaban J connectivity index is 1.92. The van der Waals surface area contributed by atoms with Crippen LogP contribution in [-0.4, -0.2) is 19.5 Å². The van der Waals surface area contributed by atoms with Crippen molar-refractivity contribution in [2.24, 2.45) is 0 Å². The Hall–Kier alpha value is -1.65. The number of quaternary nitrogens is 1. The number of halogens is 1. The first-order valence-electron chi connectivity index (χ1n) is 7.37. The summed E-state index contributed by atoms with van der Waals surface area (Å²) in [5, 5.41) is 2.94. The van der Waals surface area contributed by atoms with Crippen molar-refractivity contribution in [2.45, 2.75) is 20.4 Å². The molecule has 2 aromatic carbocycles. The zero-order chi connectivity index (χ0) is 16.1. The van der Waals surface area contributed by atoms with Crippen LogP contribution in [0.3, 0.4) is 0 Å². The first-order chi connectivity index (χ1) is 10.5. The average molecular weight is 362 g/mol. The van der Waals surface area contributed by atoms with Crippen molar-refractivity contribution in [1.82, 2.24) is 0 Å². The number of hydrogen-bond donors (Lipinski definition) is 2. The molecule has 116 valence electrons. The predicted octanol–water partition coefficient (Wildman–Crippen LogP) is 2.72. The molecule has 0 aliphatic rings. The molecule has 0 spiro atoms. The SMILES string of the molecule is Cc1ccc(C[NH+](C)CC(=O)Nc2ccccc2Br)c(C)c1. The van der Waals surface area contributed by atoms with Crippen molar-refractivity contribution < 1.29 is 9.69 Å². The summed E-state index contributed by atoms with van der Waals surface area (Å²) in [6.45, 7) is 5.50. The minimum absolute atomic E-state index is 0.0224. The van der Waals surface area contributed by atoms with E-state index in [0.717, 1.165) is 21.6 Å². The smallest absolute Gasteiger partial charge is 0.279 e. The molecule has 2 rings (SSSR count). The third-order valence-corrected chi connectivity index (χ3v) is 4.29. The molecular weight excluding hydrogens is 340 g/mol. The average Bonchev–Trinajstić information content (AvgIpc) is 2.44. The Bertz CT molecular complexity index is 670. The van der Waals surface area contributed by atoms with Gasteiger partial charge in [-0.15, -0.1) is 0 Å². The van der Waals surface area contributed by atoms with E-state index in [1.54, 1.807) is 0 Å². The summed E-state index contributed by atoms with van der Waals surface area (Å²) in [7, 11) is 2.04. The molecule has 0 saturated heterocycles. The van der Waals surface area contributed by atoms with Crippen LogP contribution in [0.15, 0.2) is 46.9 Å². The van der Waals surface area contributed by atoms with Gasteiger partial charge in [0.15, 0.2) is 6.54 Å². The highest BCUT2D eigenvalue weighted by atomic mass is 79.9. The molecule has 0 saturated carbocycles. The standard InChI is InChI=1S/C18H21BrN2O/c1-13-8-9-15(14(2)10-13)11-21(3)12-18(22)20-17-7-5-4-6-16(17)19/h4-10H,11-12H2,1-3H3,(H,20,22)/p+1. The Morgan fingerprint density at radius 3 is 2.59 bits per heavy atom. The van der Waals surface area contributed by atoms with Gasteiger partial charge in [0.05, 0.1) is 12.7 Å². The summed E-state index contributed by atoms with van der Waals surface area (Å²) < 4.78 is 0.899. The summed E-state index contributed by atoms with van der Waals surface area (Å²) in [6, 6.07) is 14.1. The zero-order valence-electron chi connectivity index (χ0n) is 13.2. The second-order valence-electron chi connectivity index (χ2n) is 5.77. The van der Waals surface area contributed by atoms with Gasteiger partial charge in [-0.05, 0) is 47.5 Å². The van der Waals surface area contributed by atoms with E-state index in [1.807, 2.05) is 31.3 Å². The third kappa shape index (κ3) is 4.68. The molecule has 0 fully saturated rings. The predicted molar refractivity (Wildman–Crippen MR) is 94.1 cm³/mol. The lowest BCUT2D eigenvalue weighted by Gasteiger charge is -2.16. The highest BCUT2D eigenvalue weighted by molar-refractivity contribution is 9.10. The van der Waals surface area contributed by atoms with E-state index in [-0.39, 0.29) is 5.91 Å². The first kappa shape index (κ1) is 16.7. The molecule has 0 aliphatic heterocycles. The van der Waals surface area contributed by atoms with Crippen molar-refractivity contribution in [3.05, 3.63) is 63.6 Å². The number of likely N-dealkylation sites (N-methyl/N-ethyl adjacent to an activating group) is 1. The van der Waals surface area contributed by atoms with Crippen LogP contribution >= 0.6 is 15.9 Å². The van der Waals surface area contributed by atoms with E-state index in [9.17, 15) is 4.79 Å². The van der Waals surface area contributed by atoms with Crippen molar-refractivity contribution in [3.8, 4) is 0 Å². The van der Waals surface area contributed by atoms with E-state index >= 15 is 0 Å². The van der Waals surface area contributed by atoms with Crippen molar-refractivity contribution in [2.75, 3.05) is 18.9 Å². The second-order valence-corrected chi connectivity index (χ2v) is 6.62. The van der Waals surface area contributed by atoms with Crippen LogP contribution in [0.2, 0.25) is 0 Å². The Morgan fingerprint density at radius 2 is 1.91 bits per heavy atom. The van der Waals surface area contributed by atoms with Crippen LogP contribution < -0.4 is 10.2 Å². The Morgan fingerprint density at radius 1 is 1.18 bits per heavy atom. The first-order valence-corrected chi connectivity index (χ1v) is 8.17. The molecule has 1 atom stereocenters. The van der Waals surface area contributed by atoms with Crippen LogP contribution in [0, 0.1) is 13.8 Å². The summed E-state index contributed by atoms with van der Waals surface area (Å²) in [5.74, 6) is 0.0224. The number of hydrogen-bond acceptors (Lipinski definition) is 1. The molecule has 1 amide bonds. The quantitative estimate of drug-likeness (QED) is 0.843. The number of anilines is 1. The molecule has 2 N–H and O–H groups in total. The van der Waals surface area contributed by atoms with Gasteiger partial charge >= 0.3 is 0 Å². The van der Waals surface area contributed by atoms with Crippen molar-refractivity contribution in [1.29, 1.82) is 0 Å². The minimum Gasteiger partial charge on any atom is -0.326 e. The molecule has 4 heteroatoms. The van der Waals surface area contributed by atoms with Gasteiger partial charge in [-0.3, -0.25) is 4.79 Å². The van der Waals surface area contributed by atoms with E-state index in [0.29, 0.717) is 6.54 Å². The van der Waals surface area contributed by atoms with Gasteiger partial charge in [0.1, 0.15) is 6.54 Å². The number of para-hydroxylation sites is 1. The molecule has 22 heavy (non-hydrogen) atoms. The molecule has 0 heterocycles. The lowest BCUT2D eigenvalue weighted by atomic mass is 10.1. The highest BCUT2D eigenvalue weighted by Gasteiger charge is 2.13. The van der Waals surface area contributed by atoms with Gasteiger partial charge < -0.3 is 10.2 Å². The number of carbonyl (C=O) groups excluding carboxylic acids is 1. The maximum absolute atomic E-state index is 12.2. The van der Waals surface area contributed by atoms with Crippen LogP contribution in [0.1, 0.15) is 16.7 Å². The fraction of sp³-hybridized carbons (Fsp3) is 0.278. The van der Waals surface area contributed by atoms with Crippen molar-refractivity contribution >= 4 is 27.5 Å². The van der Waals surface area contributed by atoms with Gasteiger partial charge in [0.2, 0.25) is 0 Å². The summed E-state index contributed by atoms with van der Waals surface area (Å²) in [6.07, 6.45) is 0. The maximum atomic E-state index is 12.2. The van der Waals surface area contributed by atoms with Crippen LogP contribution in [0.4, 0.5) is 5.69 Å². The minimum atomic E-state index is 0.0224. The molecule has 0 bridgehead atoms. The van der Waals surface area contributed by atoms with Gasteiger partial charge in [-0.25, -0.2) is 0 Å². The number of amides is 1. The number of nitrogens with one attached hydrogen (secondary N) is 2. The van der Waals surface area contributed by atoms with E-state index in [1.165, 1.54) is 16.7 Å². The van der Waals surface area contributed by atoms with Crippen molar-refractivity contribution in [3.63, 3.8) is 0 Å².